The number of rotatable bonds is 5. The van der Waals surface area contributed by atoms with Crippen LogP contribution < -0.4 is 5.32 Å². The molecular weight excluding hydrogens is 232 g/mol. The standard InChI is InChI=1S/C13H22N2OS/c1-3-11-12(9-14-4-2)17-13(15-11)10-5-7-16-8-6-10/h10,14H,3-9H2,1-2H3. The van der Waals surface area contributed by atoms with Crippen LogP contribution in [0, 0.1) is 0 Å². The fourth-order valence-electron chi connectivity index (χ4n) is 2.18. The zero-order valence-corrected chi connectivity index (χ0v) is 11.6. The monoisotopic (exact) mass is 254 g/mol. The summed E-state index contributed by atoms with van der Waals surface area (Å²) in [6.45, 7) is 8.13. The second-order valence-corrected chi connectivity index (χ2v) is 5.56. The highest BCUT2D eigenvalue weighted by atomic mass is 32.1. The lowest BCUT2D eigenvalue weighted by Gasteiger charge is -2.19. The third-order valence-corrected chi connectivity index (χ3v) is 4.50. The van der Waals surface area contributed by atoms with Crippen molar-refractivity contribution in [2.75, 3.05) is 19.8 Å². The molecule has 1 fully saturated rings. The van der Waals surface area contributed by atoms with Gasteiger partial charge in [0.2, 0.25) is 0 Å². The Kier molecular flexibility index (Phi) is 4.95. The van der Waals surface area contributed by atoms with Gasteiger partial charge in [-0.3, -0.25) is 0 Å². The maximum absolute atomic E-state index is 5.41. The smallest absolute Gasteiger partial charge is 0.0964 e. The number of hydrogen-bond donors (Lipinski definition) is 1. The van der Waals surface area contributed by atoms with E-state index in [0.29, 0.717) is 5.92 Å². The molecule has 0 saturated carbocycles. The molecule has 4 heteroatoms. The van der Waals surface area contributed by atoms with Gasteiger partial charge in [0.15, 0.2) is 0 Å². The van der Waals surface area contributed by atoms with E-state index in [1.54, 1.807) is 0 Å². The van der Waals surface area contributed by atoms with Crippen LogP contribution in [-0.4, -0.2) is 24.7 Å². The van der Waals surface area contributed by atoms with Crippen molar-refractivity contribution in [3.63, 3.8) is 0 Å². The van der Waals surface area contributed by atoms with Crippen molar-refractivity contribution in [3.8, 4) is 0 Å². The Morgan fingerprint density at radius 3 is 2.76 bits per heavy atom. The SMILES string of the molecule is CCNCc1sc(C2CCOCC2)nc1CC. The molecule has 0 bridgehead atoms. The Hall–Kier alpha value is -0.450. The second-order valence-electron chi connectivity index (χ2n) is 4.44. The van der Waals surface area contributed by atoms with Crippen LogP contribution in [-0.2, 0) is 17.7 Å². The van der Waals surface area contributed by atoms with Gasteiger partial charge in [-0.05, 0) is 25.8 Å². The summed E-state index contributed by atoms with van der Waals surface area (Å²) in [7, 11) is 0. The predicted octanol–water partition coefficient (Wildman–Crippen LogP) is 2.71. The molecule has 1 aliphatic rings. The summed E-state index contributed by atoms with van der Waals surface area (Å²) in [5.41, 5.74) is 1.29. The molecular formula is C13H22N2OS. The van der Waals surface area contributed by atoms with Crippen LogP contribution in [0.2, 0.25) is 0 Å². The fourth-order valence-corrected chi connectivity index (χ4v) is 3.47. The normalized spacial score (nSPS) is 17.5. The zero-order chi connectivity index (χ0) is 12.1. The van der Waals surface area contributed by atoms with E-state index in [2.05, 4.69) is 19.2 Å². The first-order valence-electron chi connectivity index (χ1n) is 6.62. The Bertz CT molecular complexity index is 345. The van der Waals surface area contributed by atoms with E-state index in [1.165, 1.54) is 15.6 Å². The highest BCUT2D eigenvalue weighted by Gasteiger charge is 2.20. The predicted molar refractivity (Wildman–Crippen MR) is 71.7 cm³/mol. The molecule has 1 saturated heterocycles. The number of thiazole rings is 1. The first kappa shape index (κ1) is 13.0. The van der Waals surface area contributed by atoms with Crippen LogP contribution in [0.5, 0.6) is 0 Å². The van der Waals surface area contributed by atoms with Crippen LogP contribution >= 0.6 is 11.3 Å². The third-order valence-electron chi connectivity index (χ3n) is 3.24. The van der Waals surface area contributed by atoms with Crippen LogP contribution in [0.1, 0.15) is 48.2 Å². The van der Waals surface area contributed by atoms with E-state index < -0.39 is 0 Å². The third kappa shape index (κ3) is 3.27. The van der Waals surface area contributed by atoms with Gasteiger partial charge in [0.25, 0.3) is 0 Å². The molecule has 1 N–H and O–H groups in total. The van der Waals surface area contributed by atoms with Crippen molar-refractivity contribution in [1.82, 2.24) is 10.3 Å². The van der Waals surface area contributed by atoms with Gasteiger partial charge in [0.1, 0.15) is 0 Å². The van der Waals surface area contributed by atoms with Gasteiger partial charge >= 0.3 is 0 Å². The van der Waals surface area contributed by atoms with Gasteiger partial charge in [-0.2, -0.15) is 0 Å². The molecule has 17 heavy (non-hydrogen) atoms. The van der Waals surface area contributed by atoms with Gasteiger partial charge in [0, 0.05) is 30.6 Å². The van der Waals surface area contributed by atoms with E-state index in [0.717, 1.165) is 45.6 Å². The number of aromatic nitrogens is 1. The molecule has 3 nitrogen and oxygen atoms in total. The van der Waals surface area contributed by atoms with Crippen LogP contribution in [0.25, 0.3) is 0 Å². The van der Waals surface area contributed by atoms with Crippen molar-refractivity contribution < 1.29 is 4.74 Å². The highest BCUT2D eigenvalue weighted by molar-refractivity contribution is 7.11. The molecule has 1 aliphatic heterocycles. The Labute approximate surface area is 108 Å². The largest absolute Gasteiger partial charge is 0.381 e. The molecule has 2 heterocycles. The maximum Gasteiger partial charge on any atom is 0.0964 e. The lowest BCUT2D eigenvalue weighted by Crippen LogP contribution is -2.13. The van der Waals surface area contributed by atoms with Crippen molar-refractivity contribution in [1.29, 1.82) is 0 Å². The first-order valence-corrected chi connectivity index (χ1v) is 7.43. The van der Waals surface area contributed by atoms with Gasteiger partial charge in [-0.1, -0.05) is 13.8 Å². The van der Waals surface area contributed by atoms with E-state index in [4.69, 9.17) is 9.72 Å². The molecule has 2 rings (SSSR count). The average Bonchev–Trinajstić information content (AvgIpc) is 2.80. The maximum atomic E-state index is 5.41. The first-order chi connectivity index (χ1) is 8.35. The van der Waals surface area contributed by atoms with E-state index >= 15 is 0 Å². The highest BCUT2D eigenvalue weighted by Crippen LogP contribution is 2.32. The zero-order valence-electron chi connectivity index (χ0n) is 10.8. The van der Waals surface area contributed by atoms with Crippen LogP contribution in [0.3, 0.4) is 0 Å². The van der Waals surface area contributed by atoms with Crippen molar-refractivity contribution in [2.24, 2.45) is 0 Å². The lowest BCUT2D eigenvalue weighted by molar-refractivity contribution is 0.0852. The number of aryl methyl sites for hydroxylation is 1. The summed E-state index contributed by atoms with van der Waals surface area (Å²) in [4.78, 5) is 6.25. The minimum absolute atomic E-state index is 0.634. The Morgan fingerprint density at radius 1 is 1.35 bits per heavy atom. The molecule has 0 spiro atoms. The van der Waals surface area contributed by atoms with Gasteiger partial charge in [-0.15, -0.1) is 11.3 Å². The van der Waals surface area contributed by atoms with E-state index in [9.17, 15) is 0 Å². The van der Waals surface area contributed by atoms with Gasteiger partial charge in [0.05, 0.1) is 10.7 Å². The molecule has 1 aromatic heterocycles. The van der Waals surface area contributed by atoms with Crippen molar-refractivity contribution in [2.45, 2.75) is 45.6 Å². The molecule has 0 amide bonds. The second kappa shape index (κ2) is 6.47. The topological polar surface area (TPSA) is 34.1 Å². The quantitative estimate of drug-likeness (QED) is 0.877. The summed E-state index contributed by atoms with van der Waals surface area (Å²) in [6, 6.07) is 0. The minimum atomic E-state index is 0.634. The van der Waals surface area contributed by atoms with E-state index in [1.807, 2.05) is 11.3 Å². The molecule has 0 atom stereocenters. The number of nitrogens with zero attached hydrogens (tertiary/aromatic N) is 1. The summed E-state index contributed by atoms with van der Waals surface area (Å²) in [5.74, 6) is 0.634. The molecule has 0 unspecified atom stereocenters. The van der Waals surface area contributed by atoms with Crippen LogP contribution in [0.4, 0.5) is 0 Å². The molecule has 0 radical (unpaired) electrons. The number of nitrogens with one attached hydrogen (secondary N) is 1. The number of hydrogen-bond acceptors (Lipinski definition) is 4. The summed E-state index contributed by atoms with van der Waals surface area (Å²) in [6.07, 6.45) is 3.31. The minimum Gasteiger partial charge on any atom is -0.381 e. The Morgan fingerprint density at radius 2 is 2.12 bits per heavy atom. The van der Waals surface area contributed by atoms with Crippen molar-refractivity contribution in [3.05, 3.63) is 15.6 Å². The molecule has 96 valence electrons. The molecule has 1 aromatic rings. The average molecular weight is 254 g/mol. The van der Waals surface area contributed by atoms with Gasteiger partial charge in [-0.25, -0.2) is 4.98 Å². The molecule has 0 aromatic carbocycles. The van der Waals surface area contributed by atoms with Gasteiger partial charge < -0.3 is 10.1 Å². The van der Waals surface area contributed by atoms with E-state index in [-0.39, 0.29) is 0 Å². The fraction of sp³-hybridized carbons (Fsp3) is 0.769. The van der Waals surface area contributed by atoms with Crippen molar-refractivity contribution >= 4 is 11.3 Å². The number of ether oxygens (including phenoxy) is 1. The molecule has 0 aliphatic carbocycles. The Balaban J connectivity index is 2.08. The summed E-state index contributed by atoms with van der Waals surface area (Å²) >= 11 is 1.90. The van der Waals surface area contributed by atoms with Crippen LogP contribution in [0.15, 0.2) is 0 Å². The summed E-state index contributed by atoms with van der Waals surface area (Å²) in [5, 5.41) is 4.73. The summed E-state index contributed by atoms with van der Waals surface area (Å²) < 4.78 is 5.41. The lowest BCUT2D eigenvalue weighted by atomic mass is 10.0.